The quantitative estimate of drug-likeness (QED) is 0.292. The Balaban J connectivity index is 0.00000344. The van der Waals surface area contributed by atoms with Gasteiger partial charge in [0.2, 0.25) is 0 Å². The van der Waals surface area contributed by atoms with E-state index in [2.05, 4.69) is 0 Å². The molecule has 12 nitrogen and oxygen atoms in total. The zero-order valence-electron chi connectivity index (χ0n) is 23.7. The fourth-order valence-corrected chi connectivity index (χ4v) is 4.29. The van der Waals surface area contributed by atoms with Crippen molar-refractivity contribution in [3.05, 3.63) is 35.4 Å². The highest BCUT2D eigenvalue weighted by Crippen LogP contribution is 2.14. The van der Waals surface area contributed by atoms with Crippen molar-refractivity contribution in [2.45, 2.75) is 33.2 Å². The molecule has 1 aliphatic heterocycles. The van der Waals surface area contributed by atoms with Crippen LogP contribution in [-0.4, -0.2) is 149 Å². The largest absolute Gasteiger partial charge is 0.480 e. The monoisotopic (exact) mass is 554 g/mol. The molecule has 0 aromatic heterocycles. The third-order valence-electron chi connectivity index (χ3n) is 6.13. The average molecular weight is 555 g/mol. The van der Waals surface area contributed by atoms with E-state index in [4.69, 9.17) is 5.11 Å². The lowest BCUT2D eigenvalue weighted by atomic mass is 10.0. The molecule has 0 amide bonds. The maximum absolute atomic E-state index is 11.7. The number of aliphatic hydroxyl groups excluding tert-OH is 1. The molecule has 1 atom stereocenters. The molecule has 1 fully saturated rings. The van der Waals surface area contributed by atoms with Crippen molar-refractivity contribution in [3.63, 3.8) is 0 Å². The molecule has 0 radical (unpaired) electrons. The van der Waals surface area contributed by atoms with Crippen LogP contribution in [0.4, 0.5) is 0 Å². The fraction of sp³-hybridized carbons (Fsp3) is 0.630. The number of hydrogen-bond acceptors (Lipinski definition) is 9. The third-order valence-corrected chi connectivity index (χ3v) is 6.13. The smallest absolute Gasteiger partial charge is 0.317 e. The summed E-state index contributed by atoms with van der Waals surface area (Å²) in [6, 6.07) is 7.74. The molecule has 2 rings (SSSR count). The standard InChI is InChI=1S/C24H36N4O7.C2H6.CH4O/c1-19-2-4-20(5-3-19)14-21-15-27(12-13-29)9-8-25(16-22(30)31)6-7-26(17-23(32)33)10-11-28(21)18-24(34)35;2*1-2/h2-5,13,21H,6-12,14-18H2,1H3,(H,30,31)(H,32,33)(H,34,35);1-2H3;2H,1H3. The second kappa shape index (κ2) is 21.0. The molecule has 39 heavy (non-hydrogen) atoms. The molecule has 0 bridgehead atoms. The van der Waals surface area contributed by atoms with E-state index >= 15 is 0 Å². The predicted octanol–water partition coefficient (Wildman–Crippen LogP) is 0.215. The number of hydrogen-bond donors (Lipinski definition) is 4. The summed E-state index contributed by atoms with van der Waals surface area (Å²) in [5, 5.41) is 35.2. The van der Waals surface area contributed by atoms with E-state index in [1.54, 1.807) is 9.80 Å². The number of nitrogens with zero attached hydrogens (tertiary/aromatic N) is 4. The van der Waals surface area contributed by atoms with Crippen LogP contribution in [0.15, 0.2) is 24.3 Å². The molecule has 1 saturated heterocycles. The molecule has 1 aromatic carbocycles. The van der Waals surface area contributed by atoms with Gasteiger partial charge in [0, 0.05) is 59.0 Å². The van der Waals surface area contributed by atoms with E-state index in [-0.39, 0.29) is 32.2 Å². The Morgan fingerprint density at radius 2 is 1.21 bits per heavy atom. The second-order valence-electron chi connectivity index (χ2n) is 8.97. The normalized spacial score (nSPS) is 18.2. The molecular formula is C27H46N4O8. The first-order chi connectivity index (χ1) is 18.7. The minimum absolute atomic E-state index is 0.150. The third kappa shape index (κ3) is 16.0. The van der Waals surface area contributed by atoms with Gasteiger partial charge < -0.3 is 25.2 Å². The zero-order valence-corrected chi connectivity index (χ0v) is 23.7. The van der Waals surface area contributed by atoms with E-state index in [0.717, 1.165) is 24.5 Å². The lowest BCUT2D eigenvalue weighted by Gasteiger charge is -2.37. The summed E-state index contributed by atoms with van der Waals surface area (Å²) in [5.41, 5.74) is 2.14. The van der Waals surface area contributed by atoms with Crippen LogP contribution < -0.4 is 0 Å². The van der Waals surface area contributed by atoms with Crippen LogP contribution in [-0.2, 0) is 25.6 Å². The van der Waals surface area contributed by atoms with Gasteiger partial charge in [-0.1, -0.05) is 43.7 Å². The van der Waals surface area contributed by atoms with E-state index in [1.807, 2.05) is 54.8 Å². The Labute approximate surface area is 231 Å². The van der Waals surface area contributed by atoms with Gasteiger partial charge in [0.1, 0.15) is 6.29 Å². The molecule has 1 heterocycles. The minimum Gasteiger partial charge on any atom is -0.480 e. The Kier molecular flexibility index (Phi) is 19.4. The van der Waals surface area contributed by atoms with Crippen LogP contribution in [0.25, 0.3) is 0 Å². The van der Waals surface area contributed by atoms with E-state index in [1.165, 1.54) is 0 Å². The van der Waals surface area contributed by atoms with Gasteiger partial charge in [-0.05, 0) is 18.9 Å². The molecule has 0 spiro atoms. The minimum atomic E-state index is -1.000. The van der Waals surface area contributed by atoms with Gasteiger partial charge in [0.15, 0.2) is 0 Å². The molecule has 1 aromatic rings. The number of carbonyl (C=O) groups excluding carboxylic acids is 1. The number of benzene rings is 1. The Morgan fingerprint density at radius 3 is 1.64 bits per heavy atom. The van der Waals surface area contributed by atoms with Gasteiger partial charge in [-0.15, -0.1) is 0 Å². The van der Waals surface area contributed by atoms with Gasteiger partial charge in [-0.3, -0.25) is 34.0 Å². The number of carboxylic acid groups (broad SMARTS) is 3. The molecule has 222 valence electrons. The van der Waals surface area contributed by atoms with Crippen molar-refractivity contribution in [3.8, 4) is 0 Å². The van der Waals surface area contributed by atoms with E-state index in [0.29, 0.717) is 52.2 Å². The SMILES string of the molecule is CC.CO.Cc1ccc(CC2CN(CC=O)CCN(CC(=O)O)CCN(CC(=O)O)CCN2CC(=O)O)cc1. The Hall–Kier alpha value is -2.90. The summed E-state index contributed by atoms with van der Waals surface area (Å²) in [4.78, 5) is 53.1. The maximum Gasteiger partial charge on any atom is 0.317 e. The summed E-state index contributed by atoms with van der Waals surface area (Å²) in [5.74, 6) is -2.96. The van der Waals surface area contributed by atoms with Gasteiger partial charge in [0.05, 0.1) is 26.2 Å². The van der Waals surface area contributed by atoms with Crippen molar-refractivity contribution in [1.29, 1.82) is 0 Å². The highest BCUT2D eigenvalue weighted by atomic mass is 16.4. The van der Waals surface area contributed by atoms with Crippen LogP contribution in [0.3, 0.4) is 0 Å². The first-order valence-electron chi connectivity index (χ1n) is 13.2. The number of aryl methyl sites for hydroxylation is 1. The van der Waals surface area contributed by atoms with Crippen molar-refractivity contribution in [2.75, 3.05) is 79.1 Å². The predicted molar refractivity (Wildman–Crippen MR) is 148 cm³/mol. The van der Waals surface area contributed by atoms with Crippen LogP contribution in [0.5, 0.6) is 0 Å². The van der Waals surface area contributed by atoms with Crippen molar-refractivity contribution in [1.82, 2.24) is 19.6 Å². The molecule has 0 saturated carbocycles. The van der Waals surface area contributed by atoms with E-state index in [9.17, 15) is 34.5 Å². The summed E-state index contributed by atoms with van der Waals surface area (Å²) < 4.78 is 0. The Morgan fingerprint density at radius 1 is 0.769 bits per heavy atom. The molecule has 0 aliphatic carbocycles. The number of aldehydes is 1. The first kappa shape index (κ1) is 36.1. The molecule has 12 heteroatoms. The van der Waals surface area contributed by atoms with Crippen molar-refractivity contribution in [2.24, 2.45) is 0 Å². The molecule has 4 N–H and O–H groups in total. The highest BCUT2D eigenvalue weighted by molar-refractivity contribution is 5.70. The van der Waals surface area contributed by atoms with Crippen LogP contribution in [0.1, 0.15) is 25.0 Å². The second-order valence-corrected chi connectivity index (χ2v) is 8.97. The first-order valence-corrected chi connectivity index (χ1v) is 13.2. The topological polar surface area (TPSA) is 162 Å². The zero-order chi connectivity index (χ0) is 29.8. The van der Waals surface area contributed by atoms with Gasteiger partial charge in [-0.2, -0.15) is 0 Å². The lowest BCUT2D eigenvalue weighted by molar-refractivity contribution is -0.141. The number of carbonyl (C=O) groups is 4. The number of rotatable bonds is 10. The van der Waals surface area contributed by atoms with Crippen molar-refractivity contribution >= 4 is 24.2 Å². The summed E-state index contributed by atoms with van der Waals surface area (Å²) in [6.45, 7) is 8.07. The highest BCUT2D eigenvalue weighted by Gasteiger charge is 2.26. The fourth-order valence-electron chi connectivity index (χ4n) is 4.29. The Bertz CT molecular complexity index is 853. The van der Waals surface area contributed by atoms with E-state index < -0.39 is 17.9 Å². The maximum atomic E-state index is 11.7. The van der Waals surface area contributed by atoms with Crippen LogP contribution >= 0.6 is 0 Å². The summed E-state index contributed by atoms with van der Waals surface area (Å²) >= 11 is 0. The number of aliphatic carboxylic acids is 3. The van der Waals surface area contributed by atoms with Gasteiger partial charge >= 0.3 is 17.9 Å². The molecule has 1 unspecified atom stereocenters. The number of aliphatic hydroxyl groups is 1. The van der Waals surface area contributed by atoms with Crippen LogP contribution in [0, 0.1) is 6.92 Å². The molecule has 1 aliphatic rings. The average Bonchev–Trinajstić information content (AvgIpc) is 2.89. The van der Waals surface area contributed by atoms with Gasteiger partial charge in [-0.25, -0.2) is 0 Å². The van der Waals surface area contributed by atoms with Crippen molar-refractivity contribution < 1.29 is 39.6 Å². The number of carboxylic acids is 3. The molecular weight excluding hydrogens is 508 g/mol. The summed E-state index contributed by atoms with van der Waals surface area (Å²) in [6.07, 6.45) is 1.35. The lowest BCUT2D eigenvalue weighted by Crippen LogP contribution is -2.53. The van der Waals surface area contributed by atoms with Crippen LogP contribution in [0.2, 0.25) is 0 Å². The van der Waals surface area contributed by atoms with Gasteiger partial charge in [0.25, 0.3) is 0 Å². The summed E-state index contributed by atoms with van der Waals surface area (Å²) in [7, 11) is 1.00.